The zero-order valence-corrected chi connectivity index (χ0v) is 9.01. The van der Waals surface area contributed by atoms with Crippen LogP contribution in [0.15, 0.2) is 24.5 Å². The fourth-order valence-corrected chi connectivity index (χ4v) is 1.50. The van der Waals surface area contributed by atoms with E-state index in [1.54, 1.807) is 29.9 Å². The van der Waals surface area contributed by atoms with Crippen LogP contribution in [0.1, 0.15) is 16.1 Å². The van der Waals surface area contributed by atoms with Gasteiger partial charge in [-0.1, -0.05) is 0 Å². The van der Waals surface area contributed by atoms with E-state index >= 15 is 0 Å². The van der Waals surface area contributed by atoms with Crippen molar-refractivity contribution in [3.63, 3.8) is 0 Å². The van der Waals surface area contributed by atoms with Gasteiger partial charge >= 0.3 is 5.97 Å². The molecule has 2 rings (SSSR count). The number of aromatic nitrogens is 3. The van der Waals surface area contributed by atoms with Gasteiger partial charge in [-0.15, -0.1) is 0 Å². The average Bonchev–Trinajstić information content (AvgIpc) is 2.64. The Bertz CT molecular complexity index is 546. The van der Waals surface area contributed by atoms with E-state index in [0.29, 0.717) is 5.69 Å². The molecular formula is C11H11N3O2. The fraction of sp³-hybridized carbons (Fsp3) is 0.182. The number of hydrogen-bond acceptors (Lipinski definition) is 3. The van der Waals surface area contributed by atoms with Gasteiger partial charge in [0.05, 0.1) is 23.1 Å². The topological polar surface area (TPSA) is 68.0 Å². The molecule has 0 saturated heterocycles. The summed E-state index contributed by atoms with van der Waals surface area (Å²) in [7, 11) is 1.82. The molecule has 0 atom stereocenters. The van der Waals surface area contributed by atoms with Crippen molar-refractivity contribution in [2.45, 2.75) is 6.92 Å². The maximum absolute atomic E-state index is 10.8. The number of pyridine rings is 1. The first-order valence-corrected chi connectivity index (χ1v) is 4.78. The fourth-order valence-electron chi connectivity index (χ4n) is 1.50. The third-order valence-corrected chi connectivity index (χ3v) is 2.32. The molecule has 0 unspecified atom stereocenters. The monoisotopic (exact) mass is 217 g/mol. The predicted molar refractivity (Wildman–Crippen MR) is 58.1 cm³/mol. The summed E-state index contributed by atoms with van der Waals surface area (Å²) >= 11 is 0. The third-order valence-electron chi connectivity index (χ3n) is 2.32. The number of aryl methyl sites for hydroxylation is 2. The summed E-state index contributed by atoms with van der Waals surface area (Å²) < 4.78 is 1.68. The highest BCUT2D eigenvalue weighted by molar-refractivity contribution is 5.89. The Morgan fingerprint density at radius 3 is 2.69 bits per heavy atom. The second kappa shape index (κ2) is 3.77. The number of carboxylic acids is 1. The molecule has 1 N–H and O–H groups in total. The molecule has 82 valence electrons. The lowest BCUT2D eigenvalue weighted by molar-refractivity contribution is 0.0695. The second-order valence-corrected chi connectivity index (χ2v) is 3.54. The van der Waals surface area contributed by atoms with Crippen LogP contribution < -0.4 is 0 Å². The van der Waals surface area contributed by atoms with E-state index in [4.69, 9.17) is 5.11 Å². The molecule has 0 aliphatic rings. The zero-order chi connectivity index (χ0) is 11.7. The van der Waals surface area contributed by atoms with Crippen molar-refractivity contribution in [2.75, 3.05) is 0 Å². The van der Waals surface area contributed by atoms with Gasteiger partial charge in [0.2, 0.25) is 0 Å². The first-order valence-electron chi connectivity index (χ1n) is 4.78. The van der Waals surface area contributed by atoms with Crippen molar-refractivity contribution in [1.82, 2.24) is 14.8 Å². The van der Waals surface area contributed by atoms with Crippen LogP contribution in [-0.2, 0) is 7.05 Å². The molecule has 0 saturated carbocycles. The summed E-state index contributed by atoms with van der Waals surface area (Å²) in [4.78, 5) is 15.1. The van der Waals surface area contributed by atoms with E-state index in [9.17, 15) is 4.79 Å². The number of rotatable bonds is 2. The number of carboxylic acid groups (broad SMARTS) is 1. The van der Waals surface area contributed by atoms with E-state index in [2.05, 4.69) is 10.1 Å². The molecule has 0 spiro atoms. The van der Waals surface area contributed by atoms with Crippen LogP contribution >= 0.6 is 0 Å². The lowest BCUT2D eigenvalue weighted by atomic mass is 10.1. The lowest BCUT2D eigenvalue weighted by Crippen LogP contribution is -2.01. The Morgan fingerprint density at radius 2 is 2.19 bits per heavy atom. The first-order chi connectivity index (χ1) is 7.58. The van der Waals surface area contributed by atoms with Crippen LogP contribution in [0.25, 0.3) is 11.3 Å². The third kappa shape index (κ3) is 1.79. The summed E-state index contributed by atoms with van der Waals surface area (Å²) in [5.41, 5.74) is 2.35. The quantitative estimate of drug-likeness (QED) is 0.827. The maximum Gasteiger partial charge on any atom is 0.337 e. The molecule has 16 heavy (non-hydrogen) atoms. The molecule has 0 aliphatic carbocycles. The molecule has 0 aliphatic heterocycles. The minimum Gasteiger partial charge on any atom is -0.478 e. The van der Waals surface area contributed by atoms with Gasteiger partial charge in [-0.25, -0.2) is 4.79 Å². The van der Waals surface area contributed by atoms with Crippen LogP contribution in [0, 0.1) is 6.92 Å². The van der Waals surface area contributed by atoms with Crippen molar-refractivity contribution >= 4 is 5.97 Å². The minimum absolute atomic E-state index is 0.229. The van der Waals surface area contributed by atoms with E-state index in [-0.39, 0.29) is 5.56 Å². The average molecular weight is 217 g/mol. The van der Waals surface area contributed by atoms with Crippen molar-refractivity contribution in [1.29, 1.82) is 0 Å². The Labute approximate surface area is 92.4 Å². The van der Waals surface area contributed by atoms with Gasteiger partial charge in [-0.05, 0) is 19.1 Å². The smallest absolute Gasteiger partial charge is 0.337 e. The normalized spacial score (nSPS) is 10.4. The van der Waals surface area contributed by atoms with Gasteiger partial charge < -0.3 is 5.11 Å². The SMILES string of the molecule is Cc1nc(-c2cnn(C)c2)ccc1C(=O)O. The molecule has 0 aromatic carbocycles. The highest BCUT2D eigenvalue weighted by Gasteiger charge is 2.10. The molecule has 5 nitrogen and oxygen atoms in total. The van der Waals surface area contributed by atoms with Crippen molar-refractivity contribution in [2.24, 2.45) is 7.05 Å². The van der Waals surface area contributed by atoms with Crippen LogP contribution in [-0.4, -0.2) is 25.8 Å². The molecule has 0 amide bonds. The lowest BCUT2D eigenvalue weighted by Gasteiger charge is -2.02. The predicted octanol–water partition coefficient (Wildman–Crippen LogP) is 1.49. The Hall–Kier alpha value is -2.17. The summed E-state index contributed by atoms with van der Waals surface area (Å²) in [6.07, 6.45) is 3.53. The van der Waals surface area contributed by atoms with Crippen molar-refractivity contribution in [3.8, 4) is 11.3 Å². The highest BCUT2D eigenvalue weighted by Crippen LogP contribution is 2.17. The Kier molecular flexibility index (Phi) is 2.44. The summed E-state index contributed by atoms with van der Waals surface area (Å²) in [6, 6.07) is 3.25. The zero-order valence-electron chi connectivity index (χ0n) is 9.01. The van der Waals surface area contributed by atoms with Crippen molar-refractivity contribution in [3.05, 3.63) is 35.8 Å². The van der Waals surface area contributed by atoms with E-state index in [1.807, 2.05) is 13.2 Å². The van der Waals surface area contributed by atoms with Crippen molar-refractivity contribution < 1.29 is 9.90 Å². The Morgan fingerprint density at radius 1 is 1.44 bits per heavy atom. The largest absolute Gasteiger partial charge is 0.478 e. The molecule has 2 aromatic heterocycles. The number of carbonyl (C=O) groups is 1. The van der Waals surface area contributed by atoms with Crippen LogP contribution in [0.2, 0.25) is 0 Å². The molecule has 2 heterocycles. The second-order valence-electron chi connectivity index (χ2n) is 3.54. The molecule has 0 fully saturated rings. The van der Waals surface area contributed by atoms with Gasteiger partial charge in [-0.3, -0.25) is 9.67 Å². The van der Waals surface area contributed by atoms with E-state index in [0.717, 1.165) is 11.3 Å². The van der Waals surface area contributed by atoms with Gasteiger partial charge in [0.15, 0.2) is 0 Å². The van der Waals surface area contributed by atoms with Gasteiger partial charge in [-0.2, -0.15) is 5.10 Å². The van der Waals surface area contributed by atoms with Gasteiger partial charge in [0.25, 0.3) is 0 Å². The van der Waals surface area contributed by atoms with E-state index < -0.39 is 5.97 Å². The Balaban J connectivity index is 2.45. The van der Waals surface area contributed by atoms with Crippen LogP contribution in [0.4, 0.5) is 0 Å². The van der Waals surface area contributed by atoms with Crippen LogP contribution in [0.3, 0.4) is 0 Å². The van der Waals surface area contributed by atoms with Gasteiger partial charge in [0.1, 0.15) is 0 Å². The summed E-state index contributed by atoms with van der Waals surface area (Å²) in [6.45, 7) is 1.68. The first kappa shape index (κ1) is 10.4. The summed E-state index contributed by atoms with van der Waals surface area (Å²) in [5.74, 6) is -0.956. The molecule has 5 heteroatoms. The molecular weight excluding hydrogens is 206 g/mol. The standard InChI is InChI=1S/C11H11N3O2/c1-7-9(11(15)16)3-4-10(13-7)8-5-12-14(2)6-8/h3-6H,1-2H3,(H,15,16). The minimum atomic E-state index is -0.956. The number of nitrogens with zero attached hydrogens (tertiary/aromatic N) is 3. The maximum atomic E-state index is 10.8. The van der Waals surface area contributed by atoms with Gasteiger partial charge in [0, 0.05) is 18.8 Å². The van der Waals surface area contributed by atoms with E-state index in [1.165, 1.54) is 0 Å². The number of aromatic carboxylic acids is 1. The summed E-state index contributed by atoms with van der Waals surface area (Å²) in [5, 5.41) is 12.9. The number of hydrogen-bond donors (Lipinski definition) is 1. The molecule has 0 bridgehead atoms. The highest BCUT2D eigenvalue weighted by atomic mass is 16.4. The molecule has 0 radical (unpaired) electrons. The molecule has 2 aromatic rings. The van der Waals surface area contributed by atoms with Crippen LogP contribution in [0.5, 0.6) is 0 Å².